The number of nitrogens with two attached hydrogens (primary N) is 1. The predicted molar refractivity (Wildman–Crippen MR) is 78.1 cm³/mol. The second-order valence-corrected chi connectivity index (χ2v) is 6.49. The Morgan fingerprint density at radius 2 is 1.84 bits per heavy atom. The lowest BCUT2D eigenvalue weighted by atomic mass is 9.80. The molecule has 0 fully saturated rings. The number of amidine groups is 1. The Kier molecular flexibility index (Phi) is 6.87. The first-order valence-electron chi connectivity index (χ1n) is 6.85. The number of amides is 1. The van der Waals surface area contributed by atoms with E-state index in [9.17, 15) is 4.79 Å². The molecule has 0 saturated carbocycles. The molecule has 0 spiro atoms. The summed E-state index contributed by atoms with van der Waals surface area (Å²) in [7, 11) is 0. The Morgan fingerprint density at radius 3 is 2.21 bits per heavy atom. The Balaban J connectivity index is 4.59. The van der Waals surface area contributed by atoms with Crippen molar-refractivity contribution in [3.8, 4) is 0 Å². The van der Waals surface area contributed by atoms with E-state index in [1.807, 2.05) is 13.8 Å². The molecule has 0 aliphatic rings. The average Bonchev–Trinajstić information content (AvgIpc) is 2.26. The Labute approximate surface area is 116 Å². The molecule has 1 unspecified atom stereocenters. The van der Waals surface area contributed by atoms with Gasteiger partial charge in [-0.2, -0.15) is 0 Å². The monoisotopic (exact) mass is 271 g/mol. The minimum atomic E-state index is 0.115. The lowest BCUT2D eigenvalue weighted by Gasteiger charge is -2.32. The van der Waals surface area contributed by atoms with Crippen LogP contribution in [0.2, 0.25) is 0 Å². The molecule has 0 aromatic carbocycles. The Hall–Kier alpha value is -1.26. The van der Waals surface area contributed by atoms with Crippen molar-refractivity contribution < 1.29 is 10.0 Å². The maximum Gasteiger partial charge on any atom is 0.223 e. The Morgan fingerprint density at radius 1 is 1.32 bits per heavy atom. The second-order valence-electron chi connectivity index (χ2n) is 6.49. The molecule has 5 nitrogen and oxygen atoms in total. The zero-order valence-corrected chi connectivity index (χ0v) is 13.1. The zero-order chi connectivity index (χ0) is 15.2. The lowest BCUT2D eigenvalue weighted by molar-refractivity contribution is -0.134. The number of hydrogen-bond donors (Lipinski definition) is 2. The molecule has 3 N–H and O–H groups in total. The summed E-state index contributed by atoms with van der Waals surface area (Å²) < 4.78 is 0. The SMILES string of the molecule is CC(C)N(CCC(N)=NO)C(=O)CC(C)C(C)(C)C. The first kappa shape index (κ1) is 17.7. The second kappa shape index (κ2) is 7.36. The fraction of sp³-hybridized carbons (Fsp3) is 0.857. The van der Waals surface area contributed by atoms with Gasteiger partial charge in [-0.05, 0) is 25.2 Å². The van der Waals surface area contributed by atoms with E-state index in [4.69, 9.17) is 10.9 Å². The lowest BCUT2D eigenvalue weighted by Crippen LogP contribution is -2.40. The number of nitrogens with zero attached hydrogens (tertiary/aromatic N) is 2. The average molecular weight is 271 g/mol. The molecule has 0 aliphatic carbocycles. The summed E-state index contributed by atoms with van der Waals surface area (Å²) >= 11 is 0. The molecule has 112 valence electrons. The highest BCUT2D eigenvalue weighted by Gasteiger charge is 2.26. The molecule has 0 aliphatic heterocycles. The highest BCUT2D eigenvalue weighted by molar-refractivity contribution is 5.81. The minimum Gasteiger partial charge on any atom is -0.409 e. The molecule has 0 radical (unpaired) electrons. The van der Waals surface area contributed by atoms with Crippen LogP contribution in [0.4, 0.5) is 0 Å². The van der Waals surface area contributed by atoms with Crippen molar-refractivity contribution in [1.29, 1.82) is 0 Å². The van der Waals surface area contributed by atoms with Gasteiger partial charge in [0.2, 0.25) is 5.91 Å². The van der Waals surface area contributed by atoms with Gasteiger partial charge in [0.05, 0.1) is 0 Å². The summed E-state index contributed by atoms with van der Waals surface area (Å²) in [5.41, 5.74) is 5.57. The van der Waals surface area contributed by atoms with Crippen LogP contribution in [-0.2, 0) is 4.79 Å². The van der Waals surface area contributed by atoms with Crippen LogP contribution in [0.15, 0.2) is 5.16 Å². The third kappa shape index (κ3) is 6.45. The fourth-order valence-corrected chi connectivity index (χ4v) is 1.64. The third-order valence-electron chi connectivity index (χ3n) is 3.64. The van der Waals surface area contributed by atoms with E-state index in [0.29, 0.717) is 25.3 Å². The van der Waals surface area contributed by atoms with E-state index in [2.05, 4.69) is 32.9 Å². The van der Waals surface area contributed by atoms with Crippen LogP contribution in [0, 0.1) is 11.3 Å². The maximum atomic E-state index is 12.3. The first-order chi connectivity index (χ1) is 8.59. The normalized spacial score (nSPS) is 14.6. The summed E-state index contributed by atoms with van der Waals surface area (Å²) in [6.07, 6.45) is 0.919. The molecule has 0 aromatic heterocycles. The maximum absolute atomic E-state index is 12.3. The molecule has 0 bridgehead atoms. The van der Waals surface area contributed by atoms with Gasteiger partial charge in [0.1, 0.15) is 5.84 Å². The van der Waals surface area contributed by atoms with Gasteiger partial charge in [0, 0.05) is 25.4 Å². The van der Waals surface area contributed by atoms with Crippen molar-refractivity contribution in [2.75, 3.05) is 6.54 Å². The highest BCUT2D eigenvalue weighted by Crippen LogP contribution is 2.28. The Bertz CT molecular complexity index is 319. The molecule has 5 heteroatoms. The predicted octanol–water partition coefficient (Wildman–Crippen LogP) is 2.43. The van der Waals surface area contributed by atoms with Crippen LogP contribution in [0.3, 0.4) is 0 Å². The molecule has 0 saturated heterocycles. The van der Waals surface area contributed by atoms with Gasteiger partial charge in [0.25, 0.3) is 0 Å². The summed E-state index contributed by atoms with van der Waals surface area (Å²) in [4.78, 5) is 14.1. The van der Waals surface area contributed by atoms with E-state index >= 15 is 0 Å². The number of oxime groups is 1. The number of carbonyl (C=O) groups excluding carboxylic acids is 1. The molecule has 1 atom stereocenters. The summed E-state index contributed by atoms with van der Waals surface area (Å²) in [5.74, 6) is 0.593. The molecule has 0 rings (SSSR count). The topological polar surface area (TPSA) is 78.9 Å². The van der Waals surface area contributed by atoms with E-state index in [1.54, 1.807) is 4.90 Å². The quantitative estimate of drug-likeness (QED) is 0.337. The van der Waals surface area contributed by atoms with Gasteiger partial charge in [-0.25, -0.2) is 0 Å². The molecule has 0 heterocycles. The van der Waals surface area contributed by atoms with Crippen molar-refractivity contribution in [3.63, 3.8) is 0 Å². The third-order valence-corrected chi connectivity index (χ3v) is 3.64. The standard InChI is InChI=1S/C14H29N3O2/c1-10(2)17(8-7-12(15)16-19)13(18)9-11(3)14(4,5)6/h10-11,19H,7-9H2,1-6H3,(H2,15,16). The van der Waals surface area contributed by atoms with Crippen molar-refractivity contribution in [3.05, 3.63) is 0 Å². The van der Waals surface area contributed by atoms with Crippen molar-refractivity contribution in [2.45, 2.75) is 60.4 Å². The van der Waals surface area contributed by atoms with Crippen LogP contribution in [0.25, 0.3) is 0 Å². The van der Waals surface area contributed by atoms with E-state index in [-0.39, 0.29) is 23.2 Å². The smallest absolute Gasteiger partial charge is 0.223 e. The van der Waals surface area contributed by atoms with Gasteiger partial charge in [-0.3, -0.25) is 4.79 Å². The summed E-state index contributed by atoms with van der Waals surface area (Å²) in [5, 5.41) is 11.5. The molecule has 0 aromatic rings. The molecular formula is C14H29N3O2. The van der Waals surface area contributed by atoms with Crippen LogP contribution in [0.1, 0.15) is 54.4 Å². The van der Waals surface area contributed by atoms with Crippen molar-refractivity contribution in [1.82, 2.24) is 4.90 Å². The van der Waals surface area contributed by atoms with E-state index < -0.39 is 0 Å². The highest BCUT2D eigenvalue weighted by atomic mass is 16.4. The minimum absolute atomic E-state index is 0.115. The largest absolute Gasteiger partial charge is 0.409 e. The van der Waals surface area contributed by atoms with Gasteiger partial charge in [-0.1, -0.05) is 32.9 Å². The molecule has 1 amide bonds. The van der Waals surface area contributed by atoms with Gasteiger partial charge >= 0.3 is 0 Å². The summed E-state index contributed by atoms with van der Waals surface area (Å²) in [6.45, 7) is 13.0. The number of carbonyl (C=O) groups is 1. The molecular weight excluding hydrogens is 242 g/mol. The van der Waals surface area contributed by atoms with E-state index in [1.165, 1.54) is 0 Å². The van der Waals surface area contributed by atoms with Gasteiger partial charge in [0.15, 0.2) is 0 Å². The van der Waals surface area contributed by atoms with Gasteiger partial charge < -0.3 is 15.8 Å². The fourth-order valence-electron chi connectivity index (χ4n) is 1.64. The van der Waals surface area contributed by atoms with Crippen molar-refractivity contribution in [2.24, 2.45) is 22.2 Å². The van der Waals surface area contributed by atoms with Crippen molar-refractivity contribution >= 4 is 11.7 Å². The van der Waals surface area contributed by atoms with Crippen LogP contribution in [0.5, 0.6) is 0 Å². The number of hydrogen-bond acceptors (Lipinski definition) is 3. The first-order valence-corrected chi connectivity index (χ1v) is 6.85. The molecule has 19 heavy (non-hydrogen) atoms. The van der Waals surface area contributed by atoms with Crippen LogP contribution < -0.4 is 5.73 Å². The zero-order valence-electron chi connectivity index (χ0n) is 13.1. The van der Waals surface area contributed by atoms with Gasteiger partial charge in [-0.15, -0.1) is 0 Å². The van der Waals surface area contributed by atoms with E-state index in [0.717, 1.165) is 0 Å². The number of rotatable bonds is 6. The van der Waals surface area contributed by atoms with Crippen LogP contribution >= 0.6 is 0 Å². The summed E-state index contributed by atoms with van der Waals surface area (Å²) in [6, 6.07) is 0.117. The van der Waals surface area contributed by atoms with Crippen LogP contribution in [-0.4, -0.2) is 34.4 Å².